The Morgan fingerprint density at radius 1 is 1.08 bits per heavy atom. The van der Waals surface area contributed by atoms with Crippen LogP contribution in [0.4, 0.5) is 5.82 Å². The van der Waals surface area contributed by atoms with Crippen LogP contribution in [0.5, 0.6) is 0 Å². The summed E-state index contributed by atoms with van der Waals surface area (Å²) in [5, 5.41) is 17.9. The second-order valence-electron chi connectivity index (χ2n) is 6.74. The number of rotatable bonds is 2. The largest absolute Gasteiger partial charge is 0.356 e. The third-order valence-electron chi connectivity index (χ3n) is 5.13. The van der Waals surface area contributed by atoms with Crippen molar-refractivity contribution in [1.82, 2.24) is 19.7 Å². The third kappa shape index (κ3) is 2.86. The molecule has 4 heterocycles. The van der Waals surface area contributed by atoms with Gasteiger partial charge in [0.1, 0.15) is 23.5 Å². The number of aryl methyl sites for hydroxylation is 1. The molecule has 0 spiro atoms. The predicted octanol–water partition coefficient (Wildman–Crippen LogP) is 2.66. The van der Waals surface area contributed by atoms with Crippen molar-refractivity contribution < 1.29 is 0 Å². The maximum atomic E-state index is 8.92. The third-order valence-corrected chi connectivity index (χ3v) is 5.13. The van der Waals surface area contributed by atoms with Crippen LogP contribution in [-0.2, 0) is 13.0 Å². The molecule has 0 aromatic carbocycles. The van der Waals surface area contributed by atoms with E-state index < -0.39 is 0 Å². The summed E-state index contributed by atoms with van der Waals surface area (Å²) < 4.78 is 2.37. The SMILES string of the molecule is N#Cc1ccc(N2CCCC(c3nnc4n3CCCCC4)C2)nc1. The average molecular weight is 322 g/mol. The fourth-order valence-electron chi connectivity index (χ4n) is 3.84. The van der Waals surface area contributed by atoms with E-state index in [4.69, 9.17) is 5.26 Å². The van der Waals surface area contributed by atoms with Gasteiger partial charge in [0.2, 0.25) is 0 Å². The number of anilines is 1. The molecule has 1 saturated heterocycles. The van der Waals surface area contributed by atoms with Crippen LogP contribution in [0.1, 0.15) is 55.2 Å². The highest BCUT2D eigenvalue weighted by Gasteiger charge is 2.27. The Bertz CT molecular complexity index is 742. The minimum absolute atomic E-state index is 0.413. The van der Waals surface area contributed by atoms with Crippen LogP contribution in [-0.4, -0.2) is 32.8 Å². The number of hydrogen-bond acceptors (Lipinski definition) is 5. The first-order valence-corrected chi connectivity index (χ1v) is 8.88. The van der Waals surface area contributed by atoms with Gasteiger partial charge in [-0.2, -0.15) is 5.26 Å². The molecule has 0 radical (unpaired) electrons. The molecule has 0 bridgehead atoms. The predicted molar refractivity (Wildman–Crippen MR) is 90.7 cm³/mol. The van der Waals surface area contributed by atoms with Crippen molar-refractivity contribution in [1.29, 1.82) is 5.26 Å². The molecule has 1 unspecified atom stereocenters. The summed E-state index contributed by atoms with van der Waals surface area (Å²) in [5.74, 6) is 3.69. The Hall–Kier alpha value is -2.42. The summed E-state index contributed by atoms with van der Waals surface area (Å²) >= 11 is 0. The lowest BCUT2D eigenvalue weighted by molar-refractivity contribution is 0.464. The van der Waals surface area contributed by atoms with Crippen LogP contribution in [0.3, 0.4) is 0 Å². The van der Waals surface area contributed by atoms with Crippen molar-refractivity contribution >= 4 is 5.82 Å². The van der Waals surface area contributed by atoms with Crippen molar-refractivity contribution in [2.24, 2.45) is 0 Å². The molecule has 1 fully saturated rings. The summed E-state index contributed by atoms with van der Waals surface area (Å²) in [6, 6.07) is 5.92. The van der Waals surface area contributed by atoms with Crippen LogP contribution in [0.15, 0.2) is 18.3 Å². The van der Waals surface area contributed by atoms with Crippen molar-refractivity contribution in [2.45, 2.75) is 51.0 Å². The van der Waals surface area contributed by atoms with Gasteiger partial charge in [0, 0.05) is 38.2 Å². The molecule has 2 aliphatic heterocycles. The molecule has 1 atom stereocenters. The van der Waals surface area contributed by atoms with E-state index in [1.54, 1.807) is 6.20 Å². The van der Waals surface area contributed by atoms with Crippen LogP contribution in [0.2, 0.25) is 0 Å². The van der Waals surface area contributed by atoms with Gasteiger partial charge >= 0.3 is 0 Å². The second kappa shape index (κ2) is 6.60. The summed E-state index contributed by atoms with van der Waals surface area (Å²) in [4.78, 5) is 6.77. The second-order valence-corrected chi connectivity index (χ2v) is 6.74. The van der Waals surface area contributed by atoms with Crippen LogP contribution in [0.25, 0.3) is 0 Å². The summed E-state index contributed by atoms with van der Waals surface area (Å²) in [6.45, 7) is 3.00. The Morgan fingerprint density at radius 2 is 2.04 bits per heavy atom. The average Bonchev–Trinajstić information content (AvgIpc) is 2.90. The van der Waals surface area contributed by atoms with E-state index in [-0.39, 0.29) is 0 Å². The molecular weight excluding hydrogens is 300 g/mol. The van der Waals surface area contributed by atoms with E-state index in [2.05, 4.69) is 30.7 Å². The Kier molecular flexibility index (Phi) is 4.16. The van der Waals surface area contributed by atoms with Crippen LogP contribution >= 0.6 is 0 Å². The Labute approximate surface area is 142 Å². The lowest BCUT2D eigenvalue weighted by Crippen LogP contribution is -2.36. The van der Waals surface area contributed by atoms with Crippen molar-refractivity contribution in [2.75, 3.05) is 18.0 Å². The topological polar surface area (TPSA) is 70.6 Å². The molecule has 24 heavy (non-hydrogen) atoms. The first-order chi connectivity index (χ1) is 11.8. The van der Waals surface area contributed by atoms with Crippen molar-refractivity contribution in [3.8, 4) is 6.07 Å². The zero-order valence-electron chi connectivity index (χ0n) is 13.9. The highest BCUT2D eigenvalue weighted by atomic mass is 15.3. The number of aromatic nitrogens is 4. The van der Waals surface area contributed by atoms with E-state index in [9.17, 15) is 0 Å². The number of nitrogens with zero attached hydrogens (tertiary/aromatic N) is 6. The molecule has 4 rings (SSSR count). The van der Waals surface area contributed by atoms with E-state index in [1.165, 1.54) is 19.3 Å². The molecule has 0 saturated carbocycles. The molecule has 124 valence electrons. The van der Waals surface area contributed by atoms with Crippen molar-refractivity contribution in [3.63, 3.8) is 0 Å². The van der Waals surface area contributed by atoms with Gasteiger partial charge in [-0.05, 0) is 37.8 Å². The molecule has 0 N–H and O–H groups in total. The van der Waals surface area contributed by atoms with Gasteiger partial charge in [0.25, 0.3) is 0 Å². The molecule has 2 aliphatic rings. The molecule has 2 aromatic rings. The highest BCUT2D eigenvalue weighted by Crippen LogP contribution is 2.29. The highest BCUT2D eigenvalue weighted by molar-refractivity contribution is 5.42. The molecule has 0 amide bonds. The fraction of sp³-hybridized carbons (Fsp3) is 0.556. The van der Waals surface area contributed by atoms with Gasteiger partial charge in [-0.15, -0.1) is 10.2 Å². The molecule has 6 nitrogen and oxygen atoms in total. The van der Waals surface area contributed by atoms with E-state index in [0.29, 0.717) is 11.5 Å². The number of nitriles is 1. The lowest BCUT2D eigenvalue weighted by Gasteiger charge is -2.33. The van der Waals surface area contributed by atoms with Gasteiger partial charge in [-0.25, -0.2) is 4.98 Å². The first-order valence-electron chi connectivity index (χ1n) is 8.88. The number of fused-ring (bicyclic) bond motifs is 1. The van der Waals surface area contributed by atoms with Gasteiger partial charge in [0.05, 0.1) is 5.56 Å². The zero-order valence-corrected chi connectivity index (χ0v) is 13.9. The van der Waals surface area contributed by atoms with Crippen molar-refractivity contribution in [3.05, 3.63) is 35.5 Å². The zero-order chi connectivity index (χ0) is 16.4. The van der Waals surface area contributed by atoms with Gasteiger partial charge < -0.3 is 9.47 Å². The van der Waals surface area contributed by atoms with E-state index >= 15 is 0 Å². The van der Waals surface area contributed by atoms with Crippen LogP contribution in [0, 0.1) is 11.3 Å². The smallest absolute Gasteiger partial charge is 0.137 e. The summed E-state index contributed by atoms with van der Waals surface area (Å²) in [6.07, 6.45) is 8.74. The lowest BCUT2D eigenvalue weighted by atomic mass is 9.97. The standard InChI is InChI=1S/C18H22N6/c19-11-14-7-8-16(20-12-14)23-9-4-5-15(13-23)18-22-21-17-6-2-1-3-10-24(17)18/h7-8,12,15H,1-6,9-10,13H2. The maximum Gasteiger partial charge on any atom is 0.137 e. The Morgan fingerprint density at radius 3 is 2.88 bits per heavy atom. The maximum absolute atomic E-state index is 8.92. The van der Waals surface area contributed by atoms with Crippen LogP contribution < -0.4 is 4.90 Å². The number of piperidine rings is 1. The molecule has 0 aliphatic carbocycles. The minimum atomic E-state index is 0.413. The van der Waals surface area contributed by atoms with Gasteiger partial charge in [-0.1, -0.05) is 6.42 Å². The molecular formula is C18H22N6. The quantitative estimate of drug-likeness (QED) is 0.850. The van der Waals surface area contributed by atoms with Gasteiger partial charge in [-0.3, -0.25) is 0 Å². The minimum Gasteiger partial charge on any atom is -0.356 e. The monoisotopic (exact) mass is 322 g/mol. The number of hydrogen-bond donors (Lipinski definition) is 0. The Balaban J connectivity index is 1.55. The van der Waals surface area contributed by atoms with E-state index in [0.717, 1.165) is 56.4 Å². The summed E-state index contributed by atoms with van der Waals surface area (Å²) in [5.41, 5.74) is 0.607. The molecule has 6 heteroatoms. The number of pyridine rings is 1. The first kappa shape index (κ1) is 15.1. The van der Waals surface area contributed by atoms with E-state index in [1.807, 2.05) is 12.1 Å². The molecule has 2 aromatic heterocycles. The van der Waals surface area contributed by atoms with Gasteiger partial charge in [0.15, 0.2) is 0 Å². The fourth-order valence-corrected chi connectivity index (χ4v) is 3.84. The summed E-state index contributed by atoms with van der Waals surface area (Å²) in [7, 11) is 0. The normalized spacial score (nSPS) is 21.0.